The Bertz CT molecular complexity index is 1900. The molecule has 5 aromatic rings. The molecule has 1 aliphatic heterocycles. The Morgan fingerprint density at radius 3 is 2.85 bits per heavy atom. The van der Waals surface area contributed by atoms with Crippen molar-refractivity contribution < 1.29 is 9.13 Å². The third kappa shape index (κ3) is 4.32. The number of anilines is 1. The van der Waals surface area contributed by atoms with Crippen LogP contribution in [-0.4, -0.2) is 56.4 Å². The van der Waals surface area contributed by atoms with Crippen molar-refractivity contribution in [2.75, 3.05) is 25.1 Å². The van der Waals surface area contributed by atoms with Crippen molar-refractivity contribution in [1.29, 1.82) is 0 Å². The smallest absolute Gasteiger partial charge is 0.147 e. The lowest BCUT2D eigenvalue weighted by Gasteiger charge is -2.37. The van der Waals surface area contributed by atoms with E-state index < -0.39 is 0 Å². The summed E-state index contributed by atoms with van der Waals surface area (Å²) in [6, 6.07) is 8.72. The summed E-state index contributed by atoms with van der Waals surface area (Å²) in [4.78, 5) is 19.4. The maximum absolute atomic E-state index is 14.3. The van der Waals surface area contributed by atoms with E-state index in [-0.39, 0.29) is 11.9 Å². The third-order valence-corrected chi connectivity index (χ3v) is 7.42. The number of nitrogens with zero attached hydrogens (tertiary/aromatic N) is 5. The van der Waals surface area contributed by atoms with E-state index in [9.17, 15) is 4.39 Å². The Balaban J connectivity index is 1.25. The van der Waals surface area contributed by atoms with Gasteiger partial charge in [0.15, 0.2) is 0 Å². The summed E-state index contributed by atoms with van der Waals surface area (Å²) in [5.74, 6) is 0.927. The molecule has 10 heteroatoms. The number of benzene rings is 1. The van der Waals surface area contributed by atoms with Gasteiger partial charge in [-0.25, -0.2) is 9.37 Å². The fourth-order valence-electron chi connectivity index (χ4n) is 5.35. The van der Waals surface area contributed by atoms with E-state index in [4.69, 9.17) is 15.5 Å². The average Bonchev–Trinajstić information content (AvgIpc) is 3.54. The van der Waals surface area contributed by atoms with Crippen molar-refractivity contribution in [1.82, 2.24) is 30.1 Å². The van der Waals surface area contributed by atoms with Gasteiger partial charge in [-0.15, -0.1) is 0 Å². The van der Waals surface area contributed by atoms with Crippen LogP contribution in [0, 0.1) is 5.82 Å². The maximum Gasteiger partial charge on any atom is 0.147 e. The van der Waals surface area contributed by atoms with Crippen molar-refractivity contribution in [3.63, 3.8) is 0 Å². The number of allylic oxidation sites excluding steroid dienone is 2. The van der Waals surface area contributed by atoms with Gasteiger partial charge in [0.1, 0.15) is 23.1 Å². The largest absolute Gasteiger partial charge is 0.497 e. The van der Waals surface area contributed by atoms with Crippen LogP contribution in [0.4, 0.5) is 10.2 Å². The molecule has 200 valence electrons. The summed E-state index contributed by atoms with van der Waals surface area (Å²) in [7, 11) is 1.52. The Morgan fingerprint density at radius 2 is 2.00 bits per heavy atom. The SMILES string of the molecule is COc1cc(F)cc(-c2nccc3[nH]c(-c4n[nH]c5/c4=C/CC/C(c4cncc(N6CC(N)C6)n4)=C\C=5)cc23)c1. The zero-order valence-corrected chi connectivity index (χ0v) is 21.9. The highest BCUT2D eigenvalue weighted by atomic mass is 19.1. The normalized spacial score (nSPS) is 18.4. The third-order valence-electron chi connectivity index (χ3n) is 7.42. The Morgan fingerprint density at radius 1 is 1.10 bits per heavy atom. The predicted octanol–water partition coefficient (Wildman–Crippen LogP) is 3.14. The molecule has 0 atom stereocenters. The van der Waals surface area contributed by atoms with E-state index in [1.165, 1.54) is 19.2 Å². The standard InChI is InChI=1S/C30H27FN8O/c1-40-21-10-18(9-19(31)11-21)29-23-12-26(35-24(23)7-8-34-29)30-22-4-2-3-17(5-6-25(22)37-38-30)27-13-33-14-28(36-27)39-15-20(32)16-39/h4-14,20,35,37H,2-3,15-16,32H2,1H3/b17-5+,22-4-,25-6+. The molecule has 4 aromatic heterocycles. The Hall–Kier alpha value is -4.83. The molecule has 7 rings (SSSR count). The highest BCUT2D eigenvalue weighted by molar-refractivity contribution is 5.96. The molecule has 1 fully saturated rings. The lowest BCUT2D eigenvalue weighted by molar-refractivity contribution is 0.411. The summed E-state index contributed by atoms with van der Waals surface area (Å²) in [6.07, 6.45) is 13.3. The number of aromatic amines is 2. The number of nitrogens with two attached hydrogens (primary N) is 1. The fourth-order valence-corrected chi connectivity index (χ4v) is 5.35. The van der Waals surface area contributed by atoms with Gasteiger partial charge in [-0.05, 0) is 48.8 Å². The Kier molecular flexibility index (Phi) is 5.89. The number of pyridine rings is 1. The minimum atomic E-state index is -0.377. The zero-order chi connectivity index (χ0) is 27.2. The quantitative estimate of drug-likeness (QED) is 0.317. The van der Waals surface area contributed by atoms with Gasteiger partial charge in [0.25, 0.3) is 0 Å². The highest BCUT2D eigenvalue weighted by Crippen LogP contribution is 2.32. The van der Waals surface area contributed by atoms with Crippen LogP contribution < -0.4 is 25.9 Å². The van der Waals surface area contributed by atoms with Crippen LogP contribution in [0.25, 0.3) is 51.3 Å². The van der Waals surface area contributed by atoms with Crippen LogP contribution in [0.1, 0.15) is 18.5 Å². The molecule has 0 saturated carbocycles. The van der Waals surface area contributed by atoms with Crippen molar-refractivity contribution in [3.05, 3.63) is 77.1 Å². The molecule has 0 amide bonds. The van der Waals surface area contributed by atoms with Crippen LogP contribution in [0.5, 0.6) is 5.75 Å². The van der Waals surface area contributed by atoms with Gasteiger partial charge in [-0.3, -0.25) is 15.1 Å². The minimum Gasteiger partial charge on any atom is -0.497 e. The van der Waals surface area contributed by atoms with Crippen LogP contribution in [0.3, 0.4) is 0 Å². The fraction of sp³-hybridized carbons (Fsp3) is 0.200. The molecular weight excluding hydrogens is 507 g/mol. The minimum absolute atomic E-state index is 0.201. The molecule has 40 heavy (non-hydrogen) atoms. The summed E-state index contributed by atoms with van der Waals surface area (Å²) in [6.45, 7) is 1.61. The number of aromatic nitrogens is 6. The van der Waals surface area contributed by atoms with Crippen LogP contribution in [0.15, 0.2) is 55.0 Å². The van der Waals surface area contributed by atoms with E-state index in [1.54, 1.807) is 18.5 Å². The number of halogens is 1. The average molecular weight is 535 g/mol. The second-order valence-corrected chi connectivity index (χ2v) is 10.1. The molecule has 9 nitrogen and oxygen atoms in total. The molecule has 1 saturated heterocycles. The van der Waals surface area contributed by atoms with Gasteiger partial charge in [0.2, 0.25) is 0 Å². The molecule has 0 spiro atoms. The molecule has 4 N–H and O–H groups in total. The van der Waals surface area contributed by atoms with Gasteiger partial charge in [0, 0.05) is 53.1 Å². The molecule has 0 unspecified atom stereocenters. The van der Waals surface area contributed by atoms with Crippen LogP contribution in [-0.2, 0) is 0 Å². The summed E-state index contributed by atoms with van der Waals surface area (Å²) in [5, 5.41) is 10.7. The van der Waals surface area contributed by atoms with Crippen LogP contribution in [0.2, 0.25) is 0 Å². The first-order chi connectivity index (χ1) is 19.6. The molecule has 2 aliphatic rings. The zero-order valence-electron chi connectivity index (χ0n) is 21.9. The van der Waals surface area contributed by atoms with Crippen molar-refractivity contribution in [2.45, 2.75) is 18.9 Å². The summed E-state index contributed by atoms with van der Waals surface area (Å²) < 4.78 is 19.5. The second-order valence-electron chi connectivity index (χ2n) is 10.1. The topological polar surface area (TPSA) is 122 Å². The first kappa shape index (κ1) is 24.2. The summed E-state index contributed by atoms with van der Waals surface area (Å²) in [5.41, 5.74) is 11.8. The highest BCUT2D eigenvalue weighted by Gasteiger charge is 2.25. The van der Waals surface area contributed by atoms with Gasteiger partial charge in [-0.2, -0.15) is 5.10 Å². The molecule has 5 heterocycles. The van der Waals surface area contributed by atoms with E-state index >= 15 is 0 Å². The van der Waals surface area contributed by atoms with Crippen molar-refractivity contribution in [2.24, 2.45) is 5.73 Å². The van der Waals surface area contributed by atoms with Gasteiger partial charge in [-0.1, -0.05) is 12.2 Å². The molecule has 1 aromatic carbocycles. The monoisotopic (exact) mass is 534 g/mol. The molecule has 0 radical (unpaired) electrons. The predicted molar refractivity (Wildman–Crippen MR) is 153 cm³/mol. The second kappa shape index (κ2) is 9.73. The number of methoxy groups -OCH3 is 1. The van der Waals surface area contributed by atoms with Gasteiger partial charge < -0.3 is 20.4 Å². The number of ether oxygens (including phenoxy) is 1. The van der Waals surface area contributed by atoms with Crippen molar-refractivity contribution in [3.8, 4) is 28.4 Å². The first-order valence-electron chi connectivity index (χ1n) is 13.2. The molecule has 1 aliphatic carbocycles. The summed E-state index contributed by atoms with van der Waals surface area (Å²) >= 11 is 0. The lowest BCUT2D eigenvalue weighted by atomic mass is 10.0. The number of nitrogens with one attached hydrogen (secondary N) is 2. The number of hydrogen-bond donors (Lipinski definition) is 3. The number of hydrogen-bond acceptors (Lipinski definition) is 7. The van der Waals surface area contributed by atoms with Crippen molar-refractivity contribution >= 4 is 34.4 Å². The van der Waals surface area contributed by atoms with E-state index in [0.29, 0.717) is 17.0 Å². The molecular formula is C30H27FN8O. The van der Waals surface area contributed by atoms with E-state index in [2.05, 4.69) is 42.2 Å². The van der Waals surface area contributed by atoms with E-state index in [1.807, 2.05) is 24.4 Å². The van der Waals surface area contributed by atoms with Gasteiger partial charge in [0.05, 0.1) is 41.9 Å². The number of fused-ring (bicyclic) bond motifs is 2. The Labute approximate surface area is 228 Å². The van der Waals surface area contributed by atoms with E-state index in [0.717, 1.165) is 75.9 Å². The first-order valence-corrected chi connectivity index (χ1v) is 13.2. The van der Waals surface area contributed by atoms with Gasteiger partial charge >= 0.3 is 0 Å². The van der Waals surface area contributed by atoms with Crippen LogP contribution >= 0.6 is 0 Å². The molecule has 0 bridgehead atoms. The lowest BCUT2D eigenvalue weighted by Crippen LogP contribution is -2.56. The number of rotatable bonds is 5. The maximum atomic E-state index is 14.3. The number of H-pyrrole nitrogens is 2.